The summed E-state index contributed by atoms with van der Waals surface area (Å²) in [6.45, 7) is 4.47. The zero-order chi connectivity index (χ0) is 13.8. The minimum absolute atomic E-state index is 0.108. The van der Waals surface area contributed by atoms with Crippen LogP contribution < -0.4 is 0 Å². The van der Waals surface area contributed by atoms with Gasteiger partial charge in [0.25, 0.3) is 0 Å². The van der Waals surface area contributed by atoms with Crippen LogP contribution in [-0.2, 0) is 6.42 Å². The van der Waals surface area contributed by atoms with E-state index in [2.05, 4.69) is 60.1 Å². The van der Waals surface area contributed by atoms with Crippen LogP contribution in [0.15, 0.2) is 53.0 Å². The van der Waals surface area contributed by atoms with Gasteiger partial charge in [0.1, 0.15) is 0 Å². The summed E-state index contributed by atoms with van der Waals surface area (Å²) in [5.74, 6) is 0.681. The van der Waals surface area contributed by atoms with Crippen LogP contribution in [0.4, 0.5) is 0 Å². The molecule has 1 unspecified atom stereocenters. The molecule has 0 spiro atoms. The van der Waals surface area contributed by atoms with Gasteiger partial charge < -0.3 is 0 Å². The van der Waals surface area contributed by atoms with Gasteiger partial charge in [-0.15, -0.1) is 11.6 Å². The highest BCUT2D eigenvalue weighted by Crippen LogP contribution is 2.33. The van der Waals surface area contributed by atoms with E-state index >= 15 is 0 Å². The lowest BCUT2D eigenvalue weighted by Crippen LogP contribution is -1.97. The third kappa shape index (κ3) is 3.84. The van der Waals surface area contributed by atoms with Crippen molar-refractivity contribution in [1.29, 1.82) is 0 Å². The Labute approximate surface area is 128 Å². The van der Waals surface area contributed by atoms with Crippen molar-refractivity contribution in [2.45, 2.75) is 25.6 Å². The Morgan fingerprint density at radius 2 is 1.63 bits per heavy atom. The van der Waals surface area contributed by atoms with Crippen molar-refractivity contribution in [1.82, 2.24) is 0 Å². The van der Waals surface area contributed by atoms with Gasteiger partial charge in [-0.1, -0.05) is 72.2 Å². The fraction of sp³-hybridized carbons (Fsp3) is 0.294. The third-order valence-electron chi connectivity index (χ3n) is 3.09. The molecule has 0 bridgehead atoms. The van der Waals surface area contributed by atoms with Gasteiger partial charge in [0, 0.05) is 4.47 Å². The Bertz CT molecular complexity index is 531. The van der Waals surface area contributed by atoms with E-state index in [4.69, 9.17) is 11.6 Å². The molecule has 0 aliphatic heterocycles. The van der Waals surface area contributed by atoms with E-state index in [9.17, 15) is 0 Å². The fourth-order valence-corrected chi connectivity index (χ4v) is 3.14. The zero-order valence-corrected chi connectivity index (χ0v) is 13.6. The fourth-order valence-electron chi connectivity index (χ4n) is 2.15. The smallest absolute Gasteiger partial charge is 0.0846 e. The van der Waals surface area contributed by atoms with E-state index in [1.807, 2.05) is 18.2 Å². The highest BCUT2D eigenvalue weighted by Gasteiger charge is 2.13. The summed E-state index contributed by atoms with van der Waals surface area (Å²) in [5, 5.41) is -0.108. The molecule has 0 radical (unpaired) electrons. The van der Waals surface area contributed by atoms with E-state index in [1.54, 1.807) is 0 Å². The van der Waals surface area contributed by atoms with Crippen molar-refractivity contribution in [3.8, 4) is 0 Å². The largest absolute Gasteiger partial charge is 0.113 e. The zero-order valence-electron chi connectivity index (χ0n) is 11.2. The maximum absolute atomic E-state index is 6.56. The van der Waals surface area contributed by atoms with Gasteiger partial charge in [-0.2, -0.15) is 0 Å². The molecule has 0 amide bonds. The first-order valence-corrected chi connectivity index (χ1v) is 7.78. The standard InChI is InChI=1S/C17H18BrCl/c1-12(2)11-13-7-9-14(10-8-13)17(19)15-5-3-4-6-16(15)18/h3-10,12,17H,11H2,1-2H3. The SMILES string of the molecule is CC(C)Cc1ccc(C(Cl)c2ccccc2Br)cc1. The van der Waals surface area contributed by atoms with Crippen molar-refractivity contribution in [3.05, 3.63) is 69.7 Å². The molecule has 0 nitrogen and oxygen atoms in total. The summed E-state index contributed by atoms with van der Waals surface area (Å²) >= 11 is 10.1. The van der Waals surface area contributed by atoms with Gasteiger partial charge in [0.15, 0.2) is 0 Å². The van der Waals surface area contributed by atoms with Crippen molar-refractivity contribution in [3.63, 3.8) is 0 Å². The summed E-state index contributed by atoms with van der Waals surface area (Å²) in [6.07, 6.45) is 1.11. The molecule has 0 saturated carbocycles. The van der Waals surface area contributed by atoms with Gasteiger partial charge in [0.05, 0.1) is 5.38 Å². The van der Waals surface area contributed by atoms with Crippen molar-refractivity contribution in [2.24, 2.45) is 5.92 Å². The molecule has 2 aromatic carbocycles. The molecule has 19 heavy (non-hydrogen) atoms. The first-order chi connectivity index (χ1) is 9.08. The predicted molar refractivity (Wildman–Crippen MR) is 86.8 cm³/mol. The molecule has 2 heteroatoms. The number of hydrogen-bond acceptors (Lipinski definition) is 0. The molecule has 2 aromatic rings. The molecule has 0 N–H and O–H groups in total. The van der Waals surface area contributed by atoms with Gasteiger partial charge >= 0.3 is 0 Å². The van der Waals surface area contributed by atoms with E-state index < -0.39 is 0 Å². The van der Waals surface area contributed by atoms with Crippen molar-refractivity contribution < 1.29 is 0 Å². The van der Waals surface area contributed by atoms with Crippen LogP contribution in [0.5, 0.6) is 0 Å². The Balaban J connectivity index is 2.20. The molecule has 100 valence electrons. The lowest BCUT2D eigenvalue weighted by atomic mass is 9.99. The van der Waals surface area contributed by atoms with Crippen LogP contribution >= 0.6 is 27.5 Å². The van der Waals surface area contributed by atoms with E-state index in [1.165, 1.54) is 5.56 Å². The summed E-state index contributed by atoms with van der Waals surface area (Å²) in [4.78, 5) is 0. The number of halogens is 2. The number of alkyl halides is 1. The van der Waals surface area contributed by atoms with Crippen LogP contribution in [0, 0.1) is 5.92 Å². The monoisotopic (exact) mass is 336 g/mol. The van der Waals surface area contributed by atoms with E-state index in [0.29, 0.717) is 5.92 Å². The maximum Gasteiger partial charge on any atom is 0.0846 e. The minimum Gasteiger partial charge on any atom is -0.113 e. The summed E-state index contributed by atoms with van der Waals surface area (Å²) in [6, 6.07) is 16.7. The molecule has 1 atom stereocenters. The average Bonchev–Trinajstić information content (AvgIpc) is 2.39. The third-order valence-corrected chi connectivity index (χ3v) is 4.30. The van der Waals surface area contributed by atoms with Crippen LogP contribution in [0.2, 0.25) is 0 Å². The minimum atomic E-state index is -0.108. The Hall–Kier alpha value is -0.790. The van der Waals surface area contributed by atoms with E-state index in [0.717, 1.165) is 22.0 Å². The first-order valence-electron chi connectivity index (χ1n) is 6.55. The average molecular weight is 338 g/mol. The number of benzene rings is 2. The predicted octanol–water partition coefficient (Wildman–Crippen LogP) is 5.98. The summed E-state index contributed by atoms with van der Waals surface area (Å²) in [7, 11) is 0. The van der Waals surface area contributed by atoms with Crippen molar-refractivity contribution >= 4 is 27.5 Å². The van der Waals surface area contributed by atoms with Crippen molar-refractivity contribution in [2.75, 3.05) is 0 Å². The van der Waals surface area contributed by atoms with E-state index in [-0.39, 0.29) is 5.38 Å². The first kappa shape index (κ1) is 14.6. The number of rotatable bonds is 4. The normalized spacial score (nSPS) is 12.7. The quantitative estimate of drug-likeness (QED) is 0.602. The highest BCUT2D eigenvalue weighted by molar-refractivity contribution is 9.10. The molecule has 0 aliphatic rings. The molecule has 0 aromatic heterocycles. The second kappa shape index (κ2) is 6.58. The Morgan fingerprint density at radius 3 is 2.21 bits per heavy atom. The lowest BCUT2D eigenvalue weighted by Gasteiger charge is -2.13. The van der Waals surface area contributed by atoms with Crippen LogP contribution in [0.25, 0.3) is 0 Å². The Kier molecular flexibility index (Phi) is 5.06. The molecule has 0 fully saturated rings. The van der Waals surface area contributed by atoms with Gasteiger partial charge in [-0.25, -0.2) is 0 Å². The summed E-state index contributed by atoms with van der Waals surface area (Å²) < 4.78 is 1.06. The number of hydrogen-bond donors (Lipinski definition) is 0. The molecule has 2 rings (SSSR count). The summed E-state index contributed by atoms with van der Waals surface area (Å²) in [5.41, 5.74) is 3.62. The molecule has 0 saturated heterocycles. The lowest BCUT2D eigenvalue weighted by molar-refractivity contribution is 0.647. The molecule has 0 aliphatic carbocycles. The molecular formula is C17H18BrCl. The van der Waals surface area contributed by atoms with Crippen LogP contribution in [-0.4, -0.2) is 0 Å². The van der Waals surface area contributed by atoms with Crippen LogP contribution in [0.1, 0.15) is 35.9 Å². The topological polar surface area (TPSA) is 0 Å². The van der Waals surface area contributed by atoms with Gasteiger partial charge in [-0.3, -0.25) is 0 Å². The Morgan fingerprint density at radius 1 is 1.00 bits per heavy atom. The second-order valence-corrected chi connectivity index (χ2v) is 6.51. The second-order valence-electron chi connectivity index (χ2n) is 5.22. The molecule has 0 heterocycles. The van der Waals surface area contributed by atoms with Crippen LogP contribution in [0.3, 0.4) is 0 Å². The highest BCUT2D eigenvalue weighted by atomic mass is 79.9. The maximum atomic E-state index is 6.56. The molecular weight excluding hydrogens is 320 g/mol. The van der Waals surface area contributed by atoms with Gasteiger partial charge in [-0.05, 0) is 35.1 Å². The van der Waals surface area contributed by atoms with Gasteiger partial charge in [0.2, 0.25) is 0 Å².